The van der Waals surface area contributed by atoms with Gasteiger partial charge < -0.3 is 9.47 Å². The van der Waals surface area contributed by atoms with Crippen molar-refractivity contribution in [3.05, 3.63) is 59.5 Å². The summed E-state index contributed by atoms with van der Waals surface area (Å²) in [6.45, 7) is 3.53. The van der Waals surface area contributed by atoms with E-state index in [4.69, 9.17) is 9.47 Å². The lowest BCUT2D eigenvalue weighted by Crippen LogP contribution is -2.20. The van der Waals surface area contributed by atoms with Gasteiger partial charge in [-0.1, -0.05) is 48.5 Å². The zero-order valence-corrected chi connectivity index (χ0v) is 13.7. The highest BCUT2D eigenvalue weighted by Gasteiger charge is 2.44. The number of fused-ring (bicyclic) bond motifs is 1. The first-order valence-corrected chi connectivity index (χ1v) is 8.34. The van der Waals surface area contributed by atoms with Crippen molar-refractivity contribution in [3.8, 4) is 11.1 Å². The molecular weight excluding hydrogens is 308 g/mol. The topological polar surface area (TPSA) is 35.5 Å². The fourth-order valence-electron chi connectivity index (χ4n) is 2.96. The molecule has 1 aliphatic rings. The Balaban J connectivity index is 1.95. The first-order chi connectivity index (χ1) is 11.1. The van der Waals surface area contributed by atoms with Gasteiger partial charge in [-0.25, -0.2) is 4.79 Å². The molecule has 4 rings (SSSR count). The summed E-state index contributed by atoms with van der Waals surface area (Å²) in [5, 5.41) is 1.14. The van der Waals surface area contributed by atoms with Gasteiger partial charge >= 0.3 is 5.97 Å². The smallest absolute Gasteiger partial charge is 0.343 e. The van der Waals surface area contributed by atoms with Crippen molar-refractivity contribution >= 4 is 27.4 Å². The molecule has 2 heterocycles. The maximum absolute atomic E-state index is 12.3. The number of ether oxygens (including phenoxy) is 2. The van der Waals surface area contributed by atoms with Crippen molar-refractivity contribution in [2.24, 2.45) is 0 Å². The Labute approximate surface area is 138 Å². The molecule has 1 aliphatic heterocycles. The molecule has 1 fully saturated rings. The zero-order valence-electron chi connectivity index (χ0n) is 12.9. The van der Waals surface area contributed by atoms with Crippen LogP contribution in [0.5, 0.6) is 0 Å². The Hall–Kier alpha value is -2.17. The highest BCUT2D eigenvalue weighted by atomic mass is 32.1. The standard InChI is InChI=1S/C19H16O3S/c1-19(2)21-16(18(20)22-19)17-15(12-8-4-3-5-9-12)13-10-6-7-11-14(13)23-17/h3-11,16H,1-2H3. The molecule has 4 heteroatoms. The van der Waals surface area contributed by atoms with Crippen molar-refractivity contribution in [3.63, 3.8) is 0 Å². The van der Waals surface area contributed by atoms with Gasteiger partial charge in [0.2, 0.25) is 5.79 Å². The van der Waals surface area contributed by atoms with Crippen molar-refractivity contribution in [2.45, 2.75) is 25.7 Å². The fraction of sp³-hybridized carbons (Fsp3) is 0.211. The summed E-state index contributed by atoms with van der Waals surface area (Å²) in [6, 6.07) is 18.3. The van der Waals surface area contributed by atoms with Crippen LogP contribution in [0.25, 0.3) is 21.2 Å². The average molecular weight is 324 g/mol. The second-order valence-electron chi connectivity index (χ2n) is 6.02. The number of rotatable bonds is 2. The number of esters is 1. The van der Waals surface area contributed by atoms with E-state index in [0.717, 1.165) is 26.1 Å². The molecule has 3 aromatic rings. The van der Waals surface area contributed by atoms with Crippen LogP contribution < -0.4 is 0 Å². The molecule has 1 aromatic heterocycles. The number of carbonyl (C=O) groups excluding carboxylic acids is 1. The molecule has 0 aliphatic carbocycles. The molecule has 3 nitrogen and oxygen atoms in total. The number of benzene rings is 2. The van der Waals surface area contributed by atoms with E-state index in [0.29, 0.717) is 0 Å². The molecule has 1 saturated heterocycles. The van der Waals surface area contributed by atoms with Crippen LogP contribution in [0.2, 0.25) is 0 Å². The Kier molecular flexibility index (Phi) is 3.25. The lowest BCUT2D eigenvalue weighted by molar-refractivity contribution is -0.160. The number of cyclic esters (lactones) is 1. The molecular formula is C19H16O3S. The maximum Gasteiger partial charge on any atom is 0.343 e. The maximum atomic E-state index is 12.3. The van der Waals surface area contributed by atoms with Gasteiger partial charge in [-0.3, -0.25) is 0 Å². The van der Waals surface area contributed by atoms with Gasteiger partial charge in [-0.2, -0.15) is 0 Å². The van der Waals surface area contributed by atoms with Crippen LogP contribution in [0.1, 0.15) is 24.8 Å². The van der Waals surface area contributed by atoms with Crippen molar-refractivity contribution in [1.82, 2.24) is 0 Å². The highest BCUT2D eigenvalue weighted by molar-refractivity contribution is 7.19. The molecule has 0 amide bonds. The molecule has 1 atom stereocenters. The largest absolute Gasteiger partial charge is 0.431 e. The number of hydrogen-bond acceptors (Lipinski definition) is 4. The lowest BCUT2D eigenvalue weighted by Gasteiger charge is -2.15. The van der Waals surface area contributed by atoms with Gasteiger partial charge in [-0.15, -0.1) is 11.3 Å². The van der Waals surface area contributed by atoms with Crippen molar-refractivity contribution in [1.29, 1.82) is 0 Å². The average Bonchev–Trinajstić information content (AvgIpc) is 3.04. The van der Waals surface area contributed by atoms with Crippen LogP contribution in [0.15, 0.2) is 54.6 Å². The van der Waals surface area contributed by atoms with E-state index < -0.39 is 11.9 Å². The van der Waals surface area contributed by atoms with Crippen molar-refractivity contribution < 1.29 is 14.3 Å². The second-order valence-corrected chi connectivity index (χ2v) is 7.11. The second kappa shape index (κ2) is 5.18. The third-order valence-corrected chi connectivity index (χ3v) is 5.10. The number of thiophene rings is 1. The van der Waals surface area contributed by atoms with E-state index in [-0.39, 0.29) is 5.97 Å². The number of hydrogen-bond donors (Lipinski definition) is 0. The molecule has 0 saturated carbocycles. The molecule has 0 radical (unpaired) electrons. The normalized spacial score (nSPS) is 19.9. The summed E-state index contributed by atoms with van der Waals surface area (Å²) >= 11 is 1.59. The lowest BCUT2D eigenvalue weighted by atomic mass is 10.00. The van der Waals surface area contributed by atoms with Crippen LogP contribution in [-0.2, 0) is 14.3 Å². The van der Waals surface area contributed by atoms with E-state index in [9.17, 15) is 4.79 Å². The van der Waals surface area contributed by atoms with E-state index >= 15 is 0 Å². The van der Waals surface area contributed by atoms with E-state index in [1.165, 1.54) is 0 Å². The monoisotopic (exact) mass is 324 g/mol. The summed E-state index contributed by atoms with van der Waals surface area (Å²) in [5.41, 5.74) is 2.15. The first-order valence-electron chi connectivity index (χ1n) is 7.53. The molecule has 116 valence electrons. The zero-order chi connectivity index (χ0) is 16.0. The van der Waals surface area contributed by atoms with E-state index in [1.54, 1.807) is 25.2 Å². The minimum absolute atomic E-state index is 0.321. The van der Waals surface area contributed by atoms with E-state index in [2.05, 4.69) is 24.3 Å². The van der Waals surface area contributed by atoms with Gasteiger partial charge in [0.05, 0.1) is 4.88 Å². The van der Waals surface area contributed by atoms with Crippen LogP contribution >= 0.6 is 11.3 Å². The molecule has 0 N–H and O–H groups in total. The Bertz CT molecular complexity index is 880. The van der Waals surface area contributed by atoms with Crippen LogP contribution in [0, 0.1) is 0 Å². The van der Waals surface area contributed by atoms with Gasteiger partial charge in [-0.05, 0) is 11.6 Å². The van der Waals surface area contributed by atoms with Gasteiger partial charge in [0.25, 0.3) is 0 Å². The summed E-state index contributed by atoms with van der Waals surface area (Å²) in [4.78, 5) is 13.2. The minimum Gasteiger partial charge on any atom is -0.431 e. The Morgan fingerprint density at radius 3 is 2.39 bits per heavy atom. The quantitative estimate of drug-likeness (QED) is 0.628. The van der Waals surface area contributed by atoms with Crippen molar-refractivity contribution in [2.75, 3.05) is 0 Å². The SMILES string of the molecule is CC1(C)OC(=O)C(c2sc3ccccc3c2-c2ccccc2)O1. The summed E-state index contributed by atoms with van der Waals surface area (Å²) in [6.07, 6.45) is -0.669. The van der Waals surface area contributed by atoms with E-state index in [1.807, 2.05) is 30.3 Å². The predicted molar refractivity (Wildman–Crippen MR) is 91.3 cm³/mol. The molecule has 23 heavy (non-hydrogen) atoms. The summed E-state index contributed by atoms with van der Waals surface area (Å²) < 4.78 is 12.4. The summed E-state index contributed by atoms with van der Waals surface area (Å²) in [5.74, 6) is -1.20. The Morgan fingerprint density at radius 2 is 1.70 bits per heavy atom. The van der Waals surface area contributed by atoms with Crippen LogP contribution in [0.3, 0.4) is 0 Å². The fourth-order valence-corrected chi connectivity index (χ4v) is 4.21. The third-order valence-electron chi connectivity index (χ3n) is 3.89. The van der Waals surface area contributed by atoms with Crippen LogP contribution in [0.4, 0.5) is 0 Å². The predicted octanol–water partition coefficient (Wildman–Crippen LogP) is 4.92. The third kappa shape index (κ3) is 2.44. The number of carbonyl (C=O) groups is 1. The first kappa shape index (κ1) is 14.4. The molecule has 2 aromatic carbocycles. The minimum atomic E-state index is -0.883. The summed E-state index contributed by atoms with van der Waals surface area (Å²) in [7, 11) is 0. The molecule has 0 bridgehead atoms. The molecule has 0 spiro atoms. The van der Waals surface area contributed by atoms with Gasteiger partial charge in [0.1, 0.15) is 0 Å². The Morgan fingerprint density at radius 1 is 1.00 bits per heavy atom. The van der Waals surface area contributed by atoms with Crippen LogP contribution in [-0.4, -0.2) is 11.8 Å². The van der Waals surface area contributed by atoms with Gasteiger partial charge in [0, 0.05) is 29.5 Å². The molecule has 1 unspecified atom stereocenters. The highest BCUT2D eigenvalue weighted by Crippen LogP contribution is 2.46. The van der Waals surface area contributed by atoms with Gasteiger partial charge in [0.15, 0.2) is 6.10 Å².